The summed E-state index contributed by atoms with van der Waals surface area (Å²) in [4.78, 5) is 12.1. The summed E-state index contributed by atoms with van der Waals surface area (Å²) < 4.78 is 12.4. The minimum atomic E-state index is -0.199. The van der Waals surface area contributed by atoms with E-state index in [1.165, 1.54) is 0 Å². The molecule has 1 aromatic rings. The first-order chi connectivity index (χ1) is 10.5. The van der Waals surface area contributed by atoms with Gasteiger partial charge in [0.2, 0.25) is 0 Å². The van der Waals surface area contributed by atoms with Crippen LogP contribution < -0.4 is 9.47 Å². The van der Waals surface area contributed by atoms with Gasteiger partial charge in [0.1, 0.15) is 18.1 Å². The molecule has 0 heterocycles. The van der Waals surface area contributed by atoms with Gasteiger partial charge in [-0.15, -0.1) is 0 Å². The lowest BCUT2D eigenvalue weighted by Crippen LogP contribution is -2.17. The Hall–Kier alpha value is -0.810. The second kappa shape index (κ2) is 10.1. The van der Waals surface area contributed by atoms with Crippen LogP contribution in [0.2, 0.25) is 0 Å². The van der Waals surface area contributed by atoms with Crippen LogP contribution in [0.5, 0.6) is 11.5 Å². The number of rotatable bonds is 9. The first-order valence-corrected chi connectivity index (χ1v) is 9.02. The summed E-state index contributed by atoms with van der Waals surface area (Å²) in [5, 5.41) is 0. The van der Waals surface area contributed by atoms with E-state index in [1.807, 2.05) is 6.92 Å². The second-order valence-corrected chi connectivity index (χ2v) is 6.84. The van der Waals surface area contributed by atoms with Crippen LogP contribution in [0.1, 0.15) is 39.5 Å². The van der Waals surface area contributed by atoms with Gasteiger partial charge in [-0.05, 0) is 50.4 Å². The van der Waals surface area contributed by atoms with Gasteiger partial charge in [-0.2, -0.15) is 0 Å². The Balaban J connectivity index is 2.69. The van der Waals surface area contributed by atoms with E-state index in [4.69, 9.17) is 9.47 Å². The van der Waals surface area contributed by atoms with Gasteiger partial charge < -0.3 is 9.47 Å². The van der Waals surface area contributed by atoms with Crippen LogP contribution >= 0.6 is 31.9 Å². The minimum absolute atomic E-state index is 0.0965. The monoisotopic (exact) mass is 432 g/mol. The summed E-state index contributed by atoms with van der Waals surface area (Å²) in [6.07, 6.45) is 5.87. The summed E-state index contributed by atoms with van der Waals surface area (Å²) in [5.74, 6) is 0.864. The third-order valence-electron chi connectivity index (χ3n) is 3.18. The molecule has 0 N–H and O–H groups in total. The van der Waals surface area contributed by atoms with Gasteiger partial charge >= 0.3 is 5.97 Å². The molecule has 1 unspecified atom stereocenters. The molecule has 0 saturated heterocycles. The van der Waals surface area contributed by atoms with Crippen LogP contribution in [-0.4, -0.2) is 12.6 Å². The van der Waals surface area contributed by atoms with Gasteiger partial charge in [0.15, 0.2) is 0 Å². The predicted molar refractivity (Wildman–Crippen MR) is 96.5 cm³/mol. The molecule has 0 aliphatic carbocycles. The maximum Gasteiger partial charge on any atom is 0.314 e. The average Bonchev–Trinajstić information content (AvgIpc) is 2.46. The molecule has 122 valence electrons. The molecule has 1 aromatic carbocycles. The Kier molecular flexibility index (Phi) is 8.79. The van der Waals surface area contributed by atoms with Gasteiger partial charge in [-0.3, -0.25) is 4.79 Å². The minimum Gasteiger partial charge on any atom is -0.487 e. The zero-order valence-electron chi connectivity index (χ0n) is 13.0. The lowest BCUT2D eigenvalue weighted by Gasteiger charge is -2.13. The SMILES string of the molecule is C=CCOc1c(Br)cc(OC(=O)C(C)CCCCC)cc1Br. The molecular formula is C17H22Br2O3. The molecular weight excluding hydrogens is 412 g/mol. The topological polar surface area (TPSA) is 35.5 Å². The van der Waals surface area contributed by atoms with E-state index in [-0.39, 0.29) is 11.9 Å². The molecule has 5 heteroatoms. The smallest absolute Gasteiger partial charge is 0.314 e. The molecule has 0 fully saturated rings. The molecule has 1 atom stereocenters. The fraction of sp³-hybridized carbons (Fsp3) is 0.471. The normalized spacial score (nSPS) is 11.8. The van der Waals surface area contributed by atoms with Gasteiger partial charge in [-0.25, -0.2) is 0 Å². The summed E-state index contributed by atoms with van der Waals surface area (Å²) in [5.41, 5.74) is 0. The summed E-state index contributed by atoms with van der Waals surface area (Å²) in [7, 11) is 0. The largest absolute Gasteiger partial charge is 0.487 e. The van der Waals surface area contributed by atoms with E-state index in [9.17, 15) is 4.79 Å². The molecule has 22 heavy (non-hydrogen) atoms. The molecule has 0 radical (unpaired) electrons. The quantitative estimate of drug-likeness (QED) is 0.210. The van der Waals surface area contributed by atoms with Crippen molar-refractivity contribution in [1.82, 2.24) is 0 Å². The van der Waals surface area contributed by atoms with Crippen molar-refractivity contribution in [3.63, 3.8) is 0 Å². The Labute approximate surface area is 149 Å². The number of unbranched alkanes of at least 4 members (excludes halogenated alkanes) is 2. The van der Waals surface area contributed by atoms with Crippen LogP contribution in [0.15, 0.2) is 33.7 Å². The van der Waals surface area contributed by atoms with Crippen molar-refractivity contribution in [3.05, 3.63) is 33.7 Å². The second-order valence-electron chi connectivity index (χ2n) is 5.13. The van der Waals surface area contributed by atoms with Gasteiger partial charge in [0, 0.05) is 0 Å². The predicted octanol–water partition coefficient (Wildman–Crippen LogP) is 5.90. The number of ether oxygens (including phenoxy) is 2. The maximum absolute atomic E-state index is 12.1. The number of hydrogen-bond acceptors (Lipinski definition) is 3. The van der Waals surface area contributed by atoms with E-state index in [1.54, 1.807) is 18.2 Å². The highest BCUT2D eigenvalue weighted by atomic mass is 79.9. The molecule has 0 aromatic heterocycles. The van der Waals surface area contributed by atoms with Crippen LogP contribution in [0.3, 0.4) is 0 Å². The highest BCUT2D eigenvalue weighted by Crippen LogP contribution is 2.37. The van der Waals surface area contributed by atoms with Crippen molar-refractivity contribution in [3.8, 4) is 11.5 Å². The van der Waals surface area contributed by atoms with Crippen LogP contribution in [0.4, 0.5) is 0 Å². The first kappa shape index (κ1) is 19.2. The Bertz CT molecular complexity index is 492. The number of carbonyl (C=O) groups is 1. The third-order valence-corrected chi connectivity index (χ3v) is 4.36. The highest BCUT2D eigenvalue weighted by Gasteiger charge is 2.17. The van der Waals surface area contributed by atoms with E-state index >= 15 is 0 Å². The van der Waals surface area contributed by atoms with Crippen LogP contribution in [-0.2, 0) is 4.79 Å². The number of hydrogen-bond donors (Lipinski definition) is 0. The number of carbonyl (C=O) groups excluding carboxylic acids is 1. The molecule has 1 rings (SSSR count). The van der Waals surface area contributed by atoms with Gasteiger partial charge in [0.25, 0.3) is 0 Å². The van der Waals surface area contributed by atoms with Crippen molar-refractivity contribution in [2.24, 2.45) is 5.92 Å². The lowest BCUT2D eigenvalue weighted by molar-refractivity contribution is -0.138. The van der Waals surface area contributed by atoms with Crippen molar-refractivity contribution >= 4 is 37.8 Å². The number of esters is 1. The van der Waals surface area contributed by atoms with E-state index in [2.05, 4.69) is 45.4 Å². The zero-order valence-corrected chi connectivity index (χ0v) is 16.2. The summed E-state index contributed by atoms with van der Waals surface area (Å²) in [6, 6.07) is 3.47. The molecule has 0 bridgehead atoms. The Morgan fingerprint density at radius 1 is 1.32 bits per heavy atom. The standard InChI is InChI=1S/C17H22Br2O3/c1-4-6-7-8-12(3)17(20)22-13-10-14(18)16(15(19)11-13)21-9-5-2/h5,10-12H,2,4,6-9H2,1,3H3. The molecule has 3 nitrogen and oxygen atoms in total. The average molecular weight is 434 g/mol. The number of halogens is 2. The van der Waals surface area contributed by atoms with E-state index < -0.39 is 0 Å². The first-order valence-electron chi connectivity index (χ1n) is 7.44. The maximum atomic E-state index is 12.1. The van der Waals surface area contributed by atoms with E-state index in [0.29, 0.717) is 18.1 Å². The zero-order chi connectivity index (χ0) is 16.5. The van der Waals surface area contributed by atoms with Gasteiger partial charge in [0.05, 0.1) is 14.9 Å². The van der Waals surface area contributed by atoms with Gasteiger partial charge in [-0.1, -0.05) is 45.8 Å². The van der Waals surface area contributed by atoms with Crippen molar-refractivity contribution < 1.29 is 14.3 Å². The highest BCUT2D eigenvalue weighted by molar-refractivity contribution is 9.11. The summed E-state index contributed by atoms with van der Waals surface area (Å²) in [6.45, 7) is 8.08. The van der Waals surface area contributed by atoms with Crippen LogP contribution in [0, 0.1) is 5.92 Å². The number of benzene rings is 1. The lowest BCUT2D eigenvalue weighted by atomic mass is 10.0. The van der Waals surface area contributed by atoms with Crippen molar-refractivity contribution in [1.29, 1.82) is 0 Å². The Morgan fingerprint density at radius 3 is 2.50 bits per heavy atom. The van der Waals surface area contributed by atoms with E-state index in [0.717, 1.165) is 34.6 Å². The fourth-order valence-corrected chi connectivity index (χ4v) is 3.28. The third kappa shape index (κ3) is 6.13. The molecule has 0 spiro atoms. The van der Waals surface area contributed by atoms with Crippen LogP contribution in [0.25, 0.3) is 0 Å². The molecule has 0 aliphatic heterocycles. The molecule has 0 amide bonds. The Morgan fingerprint density at radius 2 is 1.95 bits per heavy atom. The molecule has 0 saturated carbocycles. The van der Waals surface area contributed by atoms with Crippen molar-refractivity contribution in [2.75, 3.05) is 6.61 Å². The summed E-state index contributed by atoms with van der Waals surface area (Å²) >= 11 is 6.85. The fourth-order valence-electron chi connectivity index (χ4n) is 1.91. The van der Waals surface area contributed by atoms with Crippen molar-refractivity contribution in [2.45, 2.75) is 39.5 Å². The molecule has 0 aliphatic rings.